The van der Waals surface area contributed by atoms with Crippen molar-refractivity contribution < 1.29 is 0 Å². The zero-order chi connectivity index (χ0) is 33.6. The van der Waals surface area contributed by atoms with Crippen LogP contribution in [0.4, 0.5) is 0 Å². The third-order valence-corrected chi connectivity index (χ3v) is 10.9. The van der Waals surface area contributed by atoms with Gasteiger partial charge in [0.2, 0.25) is 0 Å². The predicted octanol–water partition coefficient (Wildman–Crippen LogP) is 12.7. The van der Waals surface area contributed by atoms with E-state index in [4.69, 9.17) is 9.97 Å². The number of fused-ring (bicyclic) bond motifs is 3. The summed E-state index contributed by atoms with van der Waals surface area (Å²) < 4.78 is 2.22. The van der Waals surface area contributed by atoms with Gasteiger partial charge in [0.15, 0.2) is 0 Å². The van der Waals surface area contributed by atoms with Crippen LogP contribution in [0.3, 0.4) is 0 Å². The lowest BCUT2D eigenvalue weighted by molar-refractivity contribution is 0.904. The molecule has 0 unspecified atom stereocenters. The number of nitrogens with zero attached hydrogens (tertiary/aromatic N) is 3. The van der Waals surface area contributed by atoms with E-state index in [2.05, 4.69) is 157 Å². The molecule has 0 fully saturated rings. The minimum atomic E-state index is 0.851. The number of imidazole rings is 1. The monoisotopic (exact) mass is 649 g/mol. The van der Waals surface area contributed by atoms with E-state index >= 15 is 0 Å². The van der Waals surface area contributed by atoms with Crippen LogP contribution in [0.2, 0.25) is 0 Å². The van der Waals surface area contributed by atoms with Gasteiger partial charge in [-0.15, -0.1) is 0 Å². The molecule has 238 valence electrons. The van der Waals surface area contributed by atoms with Gasteiger partial charge in [-0.3, -0.25) is 9.55 Å². The Morgan fingerprint density at radius 2 is 1.06 bits per heavy atom. The second-order valence-electron chi connectivity index (χ2n) is 13.6. The smallest absolute Gasteiger partial charge is 0.114 e. The summed E-state index contributed by atoms with van der Waals surface area (Å²) in [6.07, 6.45) is 2.82. The summed E-state index contributed by atoms with van der Waals surface area (Å²) in [7, 11) is 0. The van der Waals surface area contributed by atoms with Crippen molar-refractivity contribution in [3.05, 3.63) is 164 Å². The van der Waals surface area contributed by atoms with Crippen molar-refractivity contribution >= 4 is 75.7 Å². The Labute approximate surface area is 294 Å². The van der Waals surface area contributed by atoms with Crippen molar-refractivity contribution in [1.29, 1.82) is 0 Å². The molecular formula is C48H31N3. The van der Waals surface area contributed by atoms with Crippen molar-refractivity contribution in [3.8, 4) is 28.1 Å². The average molecular weight is 650 g/mol. The molecule has 9 aromatic carbocycles. The summed E-state index contributed by atoms with van der Waals surface area (Å²) in [5.41, 5.74) is 7.59. The third kappa shape index (κ3) is 4.12. The molecule has 51 heavy (non-hydrogen) atoms. The van der Waals surface area contributed by atoms with Gasteiger partial charge in [-0.1, -0.05) is 122 Å². The normalized spacial score (nSPS) is 12.1. The Morgan fingerprint density at radius 1 is 0.471 bits per heavy atom. The lowest BCUT2D eigenvalue weighted by Gasteiger charge is -2.17. The van der Waals surface area contributed by atoms with E-state index in [1.54, 1.807) is 0 Å². The van der Waals surface area contributed by atoms with Gasteiger partial charge < -0.3 is 0 Å². The van der Waals surface area contributed by atoms with Gasteiger partial charge in [-0.25, -0.2) is 4.98 Å². The van der Waals surface area contributed by atoms with E-state index in [-0.39, 0.29) is 0 Å². The first-order chi connectivity index (χ1) is 25.2. The highest BCUT2D eigenvalue weighted by molar-refractivity contribution is 6.37. The van der Waals surface area contributed by atoms with Gasteiger partial charge in [-0.2, -0.15) is 0 Å². The van der Waals surface area contributed by atoms with Crippen LogP contribution in [-0.4, -0.2) is 14.5 Å². The van der Waals surface area contributed by atoms with Crippen LogP contribution < -0.4 is 0 Å². The molecule has 0 aliphatic carbocycles. The summed E-state index contributed by atoms with van der Waals surface area (Å²) >= 11 is 0. The van der Waals surface area contributed by atoms with E-state index in [9.17, 15) is 0 Å². The van der Waals surface area contributed by atoms with Crippen molar-refractivity contribution in [2.24, 2.45) is 0 Å². The first kappa shape index (κ1) is 28.3. The molecule has 0 aliphatic heterocycles. The Hall–Kier alpha value is -6.58. The molecule has 0 radical (unpaired) electrons. The van der Waals surface area contributed by atoms with Crippen molar-refractivity contribution in [2.75, 3.05) is 0 Å². The van der Waals surface area contributed by atoms with Gasteiger partial charge in [0.05, 0.1) is 28.6 Å². The SMILES string of the molecule is CCc1nc2ccccc2n1-c1ccc(-c2ccc(-c3cc4ccc5cccc6c7cccc8ccc9cccc(c(c3)c4c56)c9c87)cc2)nc1. The molecule has 0 spiro atoms. The molecule has 0 aliphatic rings. The number of aryl methyl sites for hydroxylation is 1. The quantitative estimate of drug-likeness (QED) is 0.178. The molecule has 2 heterocycles. The summed E-state index contributed by atoms with van der Waals surface area (Å²) in [5, 5.41) is 15.6. The maximum atomic E-state index is 4.92. The highest BCUT2D eigenvalue weighted by Gasteiger charge is 2.17. The largest absolute Gasteiger partial charge is 0.295 e. The van der Waals surface area contributed by atoms with Crippen LogP contribution >= 0.6 is 0 Å². The van der Waals surface area contributed by atoms with Crippen molar-refractivity contribution in [2.45, 2.75) is 13.3 Å². The summed E-state index contributed by atoms with van der Waals surface area (Å²) in [4.78, 5) is 9.77. The fraction of sp³-hybridized carbons (Fsp3) is 0.0417. The molecule has 11 aromatic rings. The maximum Gasteiger partial charge on any atom is 0.114 e. The fourth-order valence-corrected chi connectivity index (χ4v) is 8.57. The van der Waals surface area contributed by atoms with E-state index in [1.165, 1.54) is 75.8 Å². The molecule has 0 amide bonds. The Morgan fingerprint density at radius 3 is 1.69 bits per heavy atom. The van der Waals surface area contributed by atoms with Crippen molar-refractivity contribution in [3.63, 3.8) is 0 Å². The Kier molecular flexibility index (Phi) is 5.94. The molecule has 0 saturated heterocycles. The lowest BCUT2D eigenvalue weighted by atomic mass is 9.86. The zero-order valence-corrected chi connectivity index (χ0v) is 28.1. The van der Waals surface area contributed by atoms with Crippen LogP contribution in [0.15, 0.2) is 158 Å². The second kappa shape index (κ2) is 10.7. The third-order valence-electron chi connectivity index (χ3n) is 10.9. The molecule has 2 aromatic heterocycles. The van der Waals surface area contributed by atoms with Gasteiger partial charge in [-0.05, 0) is 112 Å². The summed E-state index contributed by atoms with van der Waals surface area (Å²) in [6.45, 7) is 2.15. The topological polar surface area (TPSA) is 30.7 Å². The van der Waals surface area contributed by atoms with E-state index in [0.29, 0.717) is 0 Å². The summed E-state index contributed by atoms with van der Waals surface area (Å²) in [6, 6.07) is 55.7. The van der Waals surface area contributed by atoms with E-state index < -0.39 is 0 Å². The van der Waals surface area contributed by atoms with E-state index in [1.807, 2.05) is 12.3 Å². The highest BCUT2D eigenvalue weighted by atomic mass is 15.1. The lowest BCUT2D eigenvalue weighted by Crippen LogP contribution is -2.00. The second-order valence-corrected chi connectivity index (χ2v) is 13.6. The Balaban J connectivity index is 1.08. The summed E-state index contributed by atoms with van der Waals surface area (Å²) in [5.74, 6) is 1.04. The van der Waals surface area contributed by atoms with Gasteiger partial charge in [0, 0.05) is 12.0 Å². The van der Waals surface area contributed by atoms with Crippen molar-refractivity contribution in [1.82, 2.24) is 14.5 Å². The Bertz CT molecular complexity index is 3150. The minimum Gasteiger partial charge on any atom is -0.295 e. The van der Waals surface area contributed by atoms with Gasteiger partial charge in [0.1, 0.15) is 5.82 Å². The number of pyridine rings is 1. The molecule has 3 heteroatoms. The average Bonchev–Trinajstić information content (AvgIpc) is 3.58. The number of benzene rings is 8. The van der Waals surface area contributed by atoms with Crippen LogP contribution in [0, 0.1) is 0 Å². The van der Waals surface area contributed by atoms with Crippen LogP contribution in [-0.2, 0) is 6.42 Å². The number of hydrogen-bond donors (Lipinski definition) is 0. The van der Waals surface area contributed by atoms with Gasteiger partial charge in [0.25, 0.3) is 0 Å². The fourth-order valence-electron chi connectivity index (χ4n) is 8.57. The van der Waals surface area contributed by atoms with Crippen LogP contribution in [0.25, 0.3) is 104 Å². The molecular weight excluding hydrogens is 619 g/mol. The molecule has 11 rings (SSSR count). The number of aromatic nitrogens is 3. The first-order valence-corrected chi connectivity index (χ1v) is 17.7. The molecule has 0 atom stereocenters. The molecule has 0 saturated carbocycles. The standard InChI is InChI=1S/C48H31N3/c1-2-44-50-42-14-3-4-15-43(42)51(44)36-24-25-41(49-28-36)30-18-16-29(17-19-30)35-26-34-23-22-33-9-6-12-38-37-11-5-8-31-20-21-32-10-7-13-39(47(32)45(31)37)40(27-35)48(34)46(33)38/h3-28H,2H2,1H3. The van der Waals surface area contributed by atoms with Gasteiger partial charge >= 0.3 is 0 Å². The highest BCUT2D eigenvalue weighted by Crippen LogP contribution is 2.44. The first-order valence-electron chi connectivity index (χ1n) is 17.7. The molecule has 3 nitrogen and oxygen atoms in total. The molecule has 0 N–H and O–H groups in total. The van der Waals surface area contributed by atoms with Crippen LogP contribution in [0.5, 0.6) is 0 Å². The number of para-hydroxylation sites is 2. The predicted molar refractivity (Wildman–Crippen MR) is 215 cm³/mol. The maximum absolute atomic E-state index is 4.92. The molecule has 0 bridgehead atoms. The number of rotatable bonds is 4. The van der Waals surface area contributed by atoms with Crippen LogP contribution in [0.1, 0.15) is 12.7 Å². The zero-order valence-electron chi connectivity index (χ0n) is 28.1. The number of hydrogen-bond acceptors (Lipinski definition) is 2. The van der Waals surface area contributed by atoms with E-state index in [0.717, 1.165) is 40.2 Å². The minimum absolute atomic E-state index is 0.851.